The van der Waals surface area contributed by atoms with Gasteiger partial charge in [-0.15, -0.1) is 0 Å². The lowest BCUT2D eigenvalue weighted by molar-refractivity contribution is -0.389. The third-order valence-corrected chi connectivity index (χ3v) is 2.29. The molecule has 0 bridgehead atoms. The highest BCUT2D eigenvalue weighted by Crippen LogP contribution is 2.11. The molecule has 1 aromatic heterocycles. The van der Waals surface area contributed by atoms with Gasteiger partial charge in [-0.2, -0.15) is 0 Å². The van der Waals surface area contributed by atoms with E-state index in [2.05, 4.69) is 10.3 Å². The topological polar surface area (TPSA) is 77.3 Å². The number of unbranched alkanes of at least 4 members (excludes halogenated alkanes) is 1. The maximum Gasteiger partial charge on any atom is 0.363 e. The Bertz CT molecular complexity index is 365. The zero-order chi connectivity index (χ0) is 13.4. The molecule has 1 rings (SSSR count). The molecule has 0 aliphatic carbocycles. The SMILES string of the molecule is CC(C)OCCCCNc1ccc([N+](=O)[O-])nc1. The van der Waals surface area contributed by atoms with Gasteiger partial charge in [-0.1, -0.05) is 0 Å². The van der Waals surface area contributed by atoms with E-state index in [0.717, 1.165) is 31.7 Å². The minimum atomic E-state index is -0.507. The minimum Gasteiger partial charge on any atom is -0.382 e. The largest absolute Gasteiger partial charge is 0.382 e. The molecular formula is C12H19N3O3. The van der Waals surface area contributed by atoms with Crippen molar-refractivity contribution in [2.45, 2.75) is 32.8 Å². The summed E-state index contributed by atoms with van der Waals surface area (Å²) in [4.78, 5) is 13.6. The molecule has 0 amide bonds. The molecule has 0 aliphatic rings. The van der Waals surface area contributed by atoms with Crippen molar-refractivity contribution >= 4 is 11.5 Å². The molecule has 0 atom stereocenters. The molecule has 6 heteroatoms. The summed E-state index contributed by atoms with van der Waals surface area (Å²) in [5.74, 6) is -0.133. The van der Waals surface area contributed by atoms with E-state index in [1.807, 2.05) is 13.8 Å². The van der Waals surface area contributed by atoms with Crippen LogP contribution in [0.5, 0.6) is 0 Å². The first-order valence-electron chi connectivity index (χ1n) is 6.05. The zero-order valence-electron chi connectivity index (χ0n) is 10.8. The number of hydrogen-bond acceptors (Lipinski definition) is 5. The Hall–Kier alpha value is -1.69. The number of pyridine rings is 1. The second-order valence-corrected chi connectivity index (χ2v) is 4.22. The highest BCUT2D eigenvalue weighted by Gasteiger charge is 2.05. The maximum absolute atomic E-state index is 10.4. The van der Waals surface area contributed by atoms with Crippen molar-refractivity contribution in [2.75, 3.05) is 18.5 Å². The third kappa shape index (κ3) is 5.58. The third-order valence-electron chi connectivity index (χ3n) is 2.29. The summed E-state index contributed by atoms with van der Waals surface area (Å²) in [7, 11) is 0. The van der Waals surface area contributed by atoms with Crippen LogP contribution >= 0.6 is 0 Å². The van der Waals surface area contributed by atoms with E-state index in [-0.39, 0.29) is 11.9 Å². The number of anilines is 1. The van der Waals surface area contributed by atoms with Crippen LogP contribution in [0.25, 0.3) is 0 Å². The van der Waals surface area contributed by atoms with E-state index in [0.29, 0.717) is 0 Å². The van der Waals surface area contributed by atoms with Crippen LogP contribution in [-0.4, -0.2) is 29.2 Å². The number of nitrogens with one attached hydrogen (secondary N) is 1. The fourth-order valence-corrected chi connectivity index (χ4v) is 1.38. The van der Waals surface area contributed by atoms with Gasteiger partial charge in [0.25, 0.3) is 0 Å². The Morgan fingerprint density at radius 3 is 2.78 bits per heavy atom. The molecule has 0 saturated carbocycles. The zero-order valence-corrected chi connectivity index (χ0v) is 10.8. The van der Waals surface area contributed by atoms with Crippen LogP contribution in [0.2, 0.25) is 0 Å². The van der Waals surface area contributed by atoms with Gasteiger partial charge in [0, 0.05) is 19.2 Å². The molecule has 0 spiro atoms. The van der Waals surface area contributed by atoms with Crippen molar-refractivity contribution in [1.82, 2.24) is 4.98 Å². The van der Waals surface area contributed by atoms with Crippen LogP contribution < -0.4 is 5.32 Å². The molecule has 0 radical (unpaired) electrons. The lowest BCUT2D eigenvalue weighted by atomic mass is 10.3. The van der Waals surface area contributed by atoms with Crippen molar-refractivity contribution in [3.63, 3.8) is 0 Å². The van der Waals surface area contributed by atoms with Crippen molar-refractivity contribution in [1.29, 1.82) is 0 Å². The molecule has 0 aliphatic heterocycles. The molecule has 1 aromatic rings. The van der Waals surface area contributed by atoms with E-state index in [1.165, 1.54) is 12.3 Å². The minimum absolute atomic E-state index is 0.133. The van der Waals surface area contributed by atoms with Crippen molar-refractivity contribution < 1.29 is 9.66 Å². The van der Waals surface area contributed by atoms with Crippen LogP contribution in [0.1, 0.15) is 26.7 Å². The van der Waals surface area contributed by atoms with Gasteiger partial charge in [-0.05, 0) is 42.7 Å². The molecule has 1 N–H and O–H groups in total. The fourth-order valence-electron chi connectivity index (χ4n) is 1.38. The van der Waals surface area contributed by atoms with Crippen LogP contribution in [0.3, 0.4) is 0 Å². The van der Waals surface area contributed by atoms with Gasteiger partial charge >= 0.3 is 5.82 Å². The van der Waals surface area contributed by atoms with Crippen LogP contribution in [0.15, 0.2) is 18.3 Å². The number of nitro groups is 1. The summed E-state index contributed by atoms with van der Waals surface area (Å²) in [6.45, 7) is 5.60. The van der Waals surface area contributed by atoms with Crippen LogP contribution in [0.4, 0.5) is 11.5 Å². The monoisotopic (exact) mass is 253 g/mol. The first-order chi connectivity index (χ1) is 8.59. The first-order valence-corrected chi connectivity index (χ1v) is 6.05. The Morgan fingerprint density at radius 2 is 2.22 bits per heavy atom. The van der Waals surface area contributed by atoms with Crippen molar-refractivity contribution in [3.8, 4) is 0 Å². The molecule has 0 aromatic carbocycles. The van der Waals surface area contributed by atoms with Crippen LogP contribution in [0, 0.1) is 10.1 Å². The lowest BCUT2D eigenvalue weighted by Crippen LogP contribution is -2.07. The summed E-state index contributed by atoms with van der Waals surface area (Å²) in [5.41, 5.74) is 0.797. The van der Waals surface area contributed by atoms with Crippen molar-refractivity contribution in [2.24, 2.45) is 0 Å². The first kappa shape index (κ1) is 14.4. The molecular weight excluding hydrogens is 234 g/mol. The lowest BCUT2D eigenvalue weighted by Gasteiger charge is -2.07. The molecule has 0 fully saturated rings. The Balaban J connectivity index is 2.17. The van der Waals surface area contributed by atoms with E-state index in [1.54, 1.807) is 6.07 Å². The smallest absolute Gasteiger partial charge is 0.363 e. The number of ether oxygens (including phenoxy) is 1. The molecule has 0 saturated heterocycles. The second-order valence-electron chi connectivity index (χ2n) is 4.22. The fraction of sp³-hybridized carbons (Fsp3) is 0.583. The normalized spacial score (nSPS) is 10.6. The highest BCUT2D eigenvalue weighted by molar-refractivity contribution is 5.43. The van der Waals surface area contributed by atoms with Crippen LogP contribution in [-0.2, 0) is 4.74 Å². The highest BCUT2D eigenvalue weighted by atomic mass is 16.6. The number of aromatic nitrogens is 1. The van der Waals surface area contributed by atoms with Gasteiger partial charge in [0.1, 0.15) is 0 Å². The quantitative estimate of drug-likeness (QED) is 0.437. The van der Waals surface area contributed by atoms with Crippen molar-refractivity contribution in [3.05, 3.63) is 28.4 Å². The number of hydrogen-bond donors (Lipinski definition) is 1. The summed E-state index contributed by atoms with van der Waals surface area (Å²) in [5, 5.41) is 13.6. The molecule has 100 valence electrons. The summed E-state index contributed by atoms with van der Waals surface area (Å²) in [6.07, 6.45) is 3.73. The Kier molecular flexibility index (Phi) is 6.07. The Labute approximate surface area is 107 Å². The predicted octanol–water partition coefficient (Wildman–Crippen LogP) is 2.61. The van der Waals surface area contributed by atoms with E-state index in [4.69, 9.17) is 4.74 Å². The van der Waals surface area contributed by atoms with Gasteiger partial charge < -0.3 is 20.2 Å². The summed E-state index contributed by atoms with van der Waals surface area (Å²) < 4.78 is 5.42. The van der Waals surface area contributed by atoms with Gasteiger partial charge in [0.15, 0.2) is 6.20 Å². The van der Waals surface area contributed by atoms with E-state index < -0.39 is 4.92 Å². The average molecular weight is 253 g/mol. The average Bonchev–Trinajstić information content (AvgIpc) is 2.34. The standard InChI is InChI=1S/C12H19N3O3/c1-10(2)18-8-4-3-7-13-11-5-6-12(14-9-11)15(16)17/h5-6,9-10,13H,3-4,7-8H2,1-2H3. The summed E-state index contributed by atoms with van der Waals surface area (Å²) >= 11 is 0. The number of nitrogens with zero attached hydrogens (tertiary/aromatic N) is 2. The van der Waals surface area contributed by atoms with Gasteiger partial charge in [0.05, 0.1) is 11.8 Å². The predicted molar refractivity (Wildman–Crippen MR) is 69.7 cm³/mol. The summed E-state index contributed by atoms with van der Waals surface area (Å²) in [6, 6.07) is 3.06. The molecule has 18 heavy (non-hydrogen) atoms. The van der Waals surface area contributed by atoms with E-state index in [9.17, 15) is 10.1 Å². The second kappa shape index (κ2) is 7.60. The van der Waals surface area contributed by atoms with Gasteiger partial charge in [-0.25, -0.2) is 0 Å². The molecule has 6 nitrogen and oxygen atoms in total. The maximum atomic E-state index is 10.4. The Morgan fingerprint density at radius 1 is 1.44 bits per heavy atom. The molecule has 0 unspecified atom stereocenters. The molecule has 1 heterocycles. The van der Waals surface area contributed by atoms with Gasteiger partial charge in [-0.3, -0.25) is 0 Å². The van der Waals surface area contributed by atoms with Gasteiger partial charge in [0.2, 0.25) is 0 Å². The number of rotatable bonds is 8. The van der Waals surface area contributed by atoms with E-state index >= 15 is 0 Å².